The van der Waals surface area contributed by atoms with Crippen molar-refractivity contribution >= 4 is 27.8 Å². The van der Waals surface area contributed by atoms with Gasteiger partial charge in [0.1, 0.15) is 0 Å². The first-order valence-corrected chi connectivity index (χ1v) is 24.4. The fraction of sp³-hybridized carbons (Fsp3) is 0.0588. The van der Waals surface area contributed by atoms with Gasteiger partial charge in [-0.1, -0.05) is 231 Å². The largest absolute Gasteiger partial charge is 0.310 e. The summed E-state index contributed by atoms with van der Waals surface area (Å²) in [6.07, 6.45) is 2.45. The van der Waals surface area contributed by atoms with E-state index in [0.717, 1.165) is 17.1 Å². The summed E-state index contributed by atoms with van der Waals surface area (Å²) in [4.78, 5) is 2.48. The summed E-state index contributed by atoms with van der Waals surface area (Å²) in [5.41, 5.74) is 21.9. The Labute approximate surface area is 405 Å². The van der Waals surface area contributed by atoms with Gasteiger partial charge in [-0.15, -0.1) is 0 Å². The number of nitrogens with zero attached hydrogens (tertiary/aromatic N) is 1. The number of benzene rings is 11. The van der Waals surface area contributed by atoms with E-state index in [1.165, 1.54) is 107 Å². The molecular formula is C68H49N. The molecule has 2 aliphatic carbocycles. The van der Waals surface area contributed by atoms with Crippen molar-refractivity contribution < 1.29 is 0 Å². The smallest absolute Gasteiger partial charge is 0.0714 e. The third-order valence-corrected chi connectivity index (χ3v) is 14.7. The molecule has 0 unspecified atom stereocenters. The van der Waals surface area contributed by atoms with E-state index in [1.54, 1.807) is 0 Å². The summed E-state index contributed by atoms with van der Waals surface area (Å²) >= 11 is 0. The Kier molecular flexibility index (Phi) is 10.0. The molecule has 0 atom stereocenters. The van der Waals surface area contributed by atoms with Crippen molar-refractivity contribution in [1.29, 1.82) is 0 Å². The highest BCUT2D eigenvalue weighted by Gasteiger charge is 2.47. The SMILES string of the molecule is c1ccc(-c2cc3c(cc2C2CC2)C(c2ccccc2)(c2ccccc2)c2cc(N(c4ccc(-c5ccc(-c6ccccc6)c6ccccc56)cc4)c4ccccc4-c4ccccc4)ccc2-3)cc1. The van der Waals surface area contributed by atoms with Crippen LogP contribution in [0, 0.1) is 0 Å². The van der Waals surface area contributed by atoms with Crippen LogP contribution in [0.4, 0.5) is 17.1 Å². The summed E-state index contributed by atoms with van der Waals surface area (Å²) in [6, 6.07) is 99.1. The van der Waals surface area contributed by atoms with Crippen molar-refractivity contribution in [2.75, 3.05) is 4.90 Å². The summed E-state index contributed by atoms with van der Waals surface area (Å²) in [6.45, 7) is 0. The molecule has 0 spiro atoms. The van der Waals surface area contributed by atoms with Crippen molar-refractivity contribution in [2.45, 2.75) is 24.2 Å². The van der Waals surface area contributed by atoms with Crippen molar-refractivity contribution in [1.82, 2.24) is 0 Å². The van der Waals surface area contributed by atoms with E-state index >= 15 is 0 Å². The Morgan fingerprint density at radius 3 is 1.30 bits per heavy atom. The van der Waals surface area contributed by atoms with Crippen LogP contribution in [0.3, 0.4) is 0 Å². The lowest BCUT2D eigenvalue weighted by Gasteiger charge is -2.35. The maximum Gasteiger partial charge on any atom is 0.0714 e. The van der Waals surface area contributed by atoms with Gasteiger partial charge in [0.05, 0.1) is 11.1 Å². The first-order chi connectivity index (χ1) is 34.2. The molecule has 1 fully saturated rings. The molecule has 0 amide bonds. The third kappa shape index (κ3) is 6.92. The van der Waals surface area contributed by atoms with Crippen molar-refractivity contribution in [2.24, 2.45) is 0 Å². The number of rotatable bonds is 10. The standard InChI is InChI=1S/C68H49N/c1-6-20-47(21-7-1)56-42-43-57(60-32-17-16-31-59(56)60)50-36-38-54(39-37-50)69(67-33-19-18-30-58(67)48-22-8-2-9-23-48)55-40-41-61-64-45-62(49-24-10-3-11-25-49)63(51-34-35-51)46-66(64)68(65(61)44-55,52-26-12-4-13-27-52)53-28-14-5-15-29-53/h1-33,36-46,51H,34-35H2. The van der Waals surface area contributed by atoms with Gasteiger partial charge in [0.2, 0.25) is 0 Å². The maximum absolute atomic E-state index is 2.60. The van der Waals surface area contributed by atoms with Crippen LogP contribution in [0.25, 0.3) is 66.4 Å². The highest BCUT2D eigenvalue weighted by molar-refractivity contribution is 6.05. The Hall–Kier alpha value is -8.52. The molecule has 11 aromatic rings. The van der Waals surface area contributed by atoms with Crippen LogP contribution in [0.1, 0.15) is 46.6 Å². The molecule has 11 aromatic carbocycles. The summed E-state index contributed by atoms with van der Waals surface area (Å²) in [7, 11) is 0. The van der Waals surface area contributed by atoms with Gasteiger partial charge in [0, 0.05) is 16.9 Å². The van der Waals surface area contributed by atoms with Gasteiger partial charge in [-0.3, -0.25) is 0 Å². The fourth-order valence-electron chi connectivity index (χ4n) is 11.4. The molecule has 0 heterocycles. The van der Waals surface area contributed by atoms with Crippen LogP contribution in [-0.4, -0.2) is 0 Å². The van der Waals surface area contributed by atoms with Gasteiger partial charge in [0.25, 0.3) is 0 Å². The second-order valence-electron chi connectivity index (χ2n) is 18.7. The van der Waals surface area contributed by atoms with Gasteiger partial charge in [-0.25, -0.2) is 0 Å². The molecule has 0 aliphatic heterocycles. The van der Waals surface area contributed by atoms with E-state index in [0.29, 0.717) is 5.92 Å². The van der Waals surface area contributed by atoms with Crippen LogP contribution in [-0.2, 0) is 5.41 Å². The first kappa shape index (κ1) is 40.7. The normalized spacial score (nSPS) is 13.4. The molecule has 1 heteroatoms. The average Bonchev–Trinajstić information content (AvgIpc) is 4.25. The molecule has 0 aromatic heterocycles. The molecule has 13 rings (SSSR count). The highest BCUT2D eigenvalue weighted by atomic mass is 15.1. The van der Waals surface area contributed by atoms with Gasteiger partial charge in [-0.2, -0.15) is 0 Å². The zero-order chi connectivity index (χ0) is 45.7. The van der Waals surface area contributed by atoms with Crippen LogP contribution in [0.15, 0.2) is 267 Å². The molecule has 0 bridgehead atoms. The van der Waals surface area contributed by atoms with Crippen molar-refractivity contribution in [3.8, 4) is 55.6 Å². The van der Waals surface area contributed by atoms with E-state index in [9.17, 15) is 0 Å². The molecule has 1 saturated carbocycles. The Morgan fingerprint density at radius 1 is 0.304 bits per heavy atom. The average molecular weight is 880 g/mol. The van der Waals surface area contributed by atoms with Gasteiger partial charge < -0.3 is 4.90 Å². The minimum absolute atomic E-state index is 0.557. The first-order valence-electron chi connectivity index (χ1n) is 24.4. The Morgan fingerprint density at radius 2 is 0.739 bits per heavy atom. The molecule has 2 aliphatic rings. The Balaban J connectivity index is 1.04. The van der Waals surface area contributed by atoms with Gasteiger partial charge in [0.15, 0.2) is 0 Å². The van der Waals surface area contributed by atoms with Crippen molar-refractivity contribution in [3.63, 3.8) is 0 Å². The Bertz CT molecular complexity index is 3590. The lowest BCUT2D eigenvalue weighted by molar-refractivity contribution is 0.766. The second kappa shape index (κ2) is 17.0. The predicted octanol–water partition coefficient (Wildman–Crippen LogP) is 18.2. The molecule has 69 heavy (non-hydrogen) atoms. The molecule has 1 nitrogen and oxygen atoms in total. The van der Waals surface area contributed by atoms with E-state index in [1.807, 2.05) is 0 Å². The molecule has 0 radical (unpaired) electrons. The zero-order valence-corrected chi connectivity index (χ0v) is 38.3. The molecule has 326 valence electrons. The van der Waals surface area contributed by atoms with Crippen LogP contribution >= 0.6 is 0 Å². The molecular weight excluding hydrogens is 831 g/mol. The lowest BCUT2D eigenvalue weighted by Crippen LogP contribution is -2.29. The third-order valence-electron chi connectivity index (χ3n) is 14.7. The minimum Gasteiger partial charge on any atom is -0.310 e. The van der Waals surface area contributed by atoms with Crippen molar-refractivity contribution in [3.05, 3.63) is 295 Å². The molecule has 0 N–H and O–H groups in total. The van der Waals surface area contributed by atoms with E-state index in [-0.39, 0.29) is 0 Å². The van der Waals surface area contributed by atoms with E-state index < -0.39 is 5.41 Å². The second-order valence-corrected chi connectivity index (χ2v) is 18.7. The monoisotopic (exact) mass is 879 g/mol. The zero-order valence-electron chi connectivity index (χ0n) is 38.3. The quantitative estimate of drug-likeness (QED) is 0.132. The van der Waals surface area contributed by atoms with Crippen LogP contribution in [0.5, 0.6) is 0 Å². The number of anilines is 3. The minimum atomic E-state index is -0.566. The van der Waals surface area contributed by atoms with Crippen LogP contribution in [0.2, 0.25) is 0 Å². The number of para-hydroxylation sites is 1. The fourth-order valence-corrected chi connectivity index (χ4v) is 11.4. The van der Waals surface area contributed by atoms with Gasteiger partial charge in [-0.05, 0) is 144 Å². The topological polar surface area (TPSA) is 3.24 Å². The van der Waals surface area contributed by atoms with E-state index in [4.69, 9.17) is 0 Å². The summed E-state index contributed by atoms with van der Waals surface area (Å²) < 4.78 is 0. The lowest BCUT2D eigenvalue weighted by atomic mass is 9.67. The van der Waals surface area contributed by atoms with Gasteiger partial charge >= 0.3 is 0 Å². The van der Waals surface area contributed by atoms with Crippen LogP contribution < -0.4 is 4.90 Å². The maximum atomic E-state index is 2.60. The van der Waals surface area contributed by atoms with E-state index in [2.05, 4.69) is 272 Å². The predicted molar refractivity (Wildman–Crippen MR) is 290 cm³/mol. The summed E-state index contributed by atoms with van der Waals surface area (Å²) in [5.74, 6) is 0.557. The number of hydrogen-bond acceptors (Lipinski definition) is 1. The molecule has 0 saturated heterocycles. The number of hydrogen-bond donors (Lipinski definition) is 0. The number of fused-ring (bicyclic) bond motifs is 4. The summed E-state index contributed by atoms with van der Waals surface area (Å²) in [5, 5.41) is 2.50. The highest BCUT2D eigenvalue weighted by Crippen LogP contribution is 2.60.